The average Bonchev–Trinajstić information content (AvgIpc) is 2.56. The minimum Gasteiger partial charge on any atom is -0.493 e. The second kappa shape index (κ2) is 8.39. The van der Waals surface area contributed by atoms with E-state index in [1.807, 2.05) is 31.2 Å². The van der Waals surface area contributed by atoms with Gasteiger partial charge in [0.25, 0.3) is 5.91 Å². The number of carbonyl (C=O) groups is 1. The number of ether oxygens (including phenoxy) is 2. The maximum absolute atomic E-state index is 12.4. The maximum atomic E-state index is 12.4. The number of para-hydroxylation sites is 1. The lowest BCUT2D eigenvalue weighted by atomic mass is 10.1. The molecule has 2 aromatic carbocycles. The second-order valence-corrected chi connectivity index (χ2v) is 6.17. The highest BCUT2D eigenvalue weighted by atomic mass is 16.5. The first-order valence-electron chi connectivity index (χ1n) is 8.19. The largest absolute Gasteiger partial charge is 0.493 e. The smallest absolute Gasteiger partial charge is 0.255 e. The highest BCUT2D eigenvalue weighted by Crippen LogP contribution is 2.29. The van der Waals surface area contributed by atoms with Crippen molar-refractivity contribution in [3.05, 3.63) is 53.6 Å². The Morgan fingerprint density at radius 2 is 1.88 bits per heavy atom. The van der Waals surface area contributed by atoms with Gasteiger partial charge in [0.15, 0.2) is 11.5 Å². The zero-order chi connectivity index (χ0) is 17.5. The van der Waals surface area contributed by atoms with E-state index < -0.39 is 0 Å². The summed E-state index contributed by atoms with van der Waals surface area (Å²) in [5.74, 6) is 1.63. The molecule has 0 saturated carbocycles. The first-order chi connectivity index (χ1) is 11.5. The topological polar surface area (TPSA) is 47.6 Å². The van der Waals surface area contributed by atoms with Crippen LogP contribution < -0.4 is 14.8 Å². The Kier molecular flexibility index (Phi) is 6.24. The Hall–Kier alpha value is -2.49. The lowest BCUT2D eigenvalue weighted by Gasteiger charge is -2.13. The molecule has 0 atom stereocenters. The van der Waals surface area contributed by atoms with Gasteiger partial charge in [-0.15, -0.1) is 0 Å². The summed E-state index contributed by atoms with van der Waals surface area (Å²) in [5, 5.41) is 2.92. The van der Waals surface area contributed by atoms with Crippen LogP contribution >= 0.6 is 0 Å². The van der Waals surface area contributed by atoms with Gasteiger partial charge in [-0.1, -0.05) is 32.0 Å². The van der Waals surface area contributed by atoms with E-state index in [-0.39, 0.29) is 5.91 Å². The van der Waals surface area contributed by atoms with Gasteiger partial charge in [0.2, 0.25) is 0 Å². The third-order valence-corrected chi connectivity index (χ3v) is 3.77. The first-order valence-corrected chi connectivity index (χ1v) is 8.19. The second-order valence-electron chi connectivity index (χ2n) is 6.17. The SMILES string of the molecule is COc1cc(C(=O)Nc2ccccc2C)ccc1OCCC(C)C. The molecule has 0 bridgehead atoms. The van der Waals surface area contributed by atoms with Gasteiger partial charge in [0, 0.05) is 11.3 Å². The molecule has 2 rings (SSSR count). The number of hydrogen-bond acceptors (Lipinski definition) is 3. The number of carbonyl (C=O) groups excluding carboxylic acids is 1. The van der Waals surface area contributed by atoms with Crippen molar-refractivity contribution in [1.29, 1.82) is 0 Å². The Labute approximate surface area is 143 Å². The van der Waals surface area contributed by atoms with Crippen LogP contribution in [0.15, 0.2) is 42.5 Å². The Morgan fingerprint density at radius 3 is 2.54 bits per heavy atom. The molecular weight excluding hydrogens is 302 g/mol. The summed E-state index contributed by atoms with van der Waals surface area (Å²) in [6, 6.07) is 12.9. The van der Waals surface area contributed by atoms with Crippen molar-refractivity contribution in [2.75, 3.05) is 19.0 Å². The monoisotopic (exact) mass is 327 g/mol. The van der Waals surface area contributed by atoms with Crippen LogP contribution in [0.4, 0.5) is 5.69 Å². The maximum Gasteiger partial charge on any atom is 0.255 e. The number of benzene rings is 2. The summed E-state index contributed by atoms with van der Waals surface area (Å²) < 4.78 is 11.1. The van der Waals surface area contributed by atoms with Crippen molar-refractivity contribution >= 4 is 11.6 Å². The lowest BCUT2D eigenvalue weighted by molar-refractivity contribution is 0.102. The highest BCUT2D eigenvalue weighted by Gasteiger charge is 2.12. The van der Waals surface area contributed by atoms with Crippen LogP contribution in [-0.2, 0) is 0 Å². The summed E-state index contributed by atoms with van der Waals surface area (Å²) in [4.78, 5) is 12.4. The van der Waals surface area contributed by atoms with Gasteiger partial charge in [-0.2, -0.15) is 0 Å². The lowest BCUT2D eigenvalue weighted by Crippen LogP contribution is -2.13. The summed E-state index contributed by atoms with van der Waals surface area (Å²) in [6.07, 6.45) is 0.971. The molecule has 0 heterocycles. The predicted octanol–water partition coefficient (Wildman–Crippen LogP) is 4.68. The number of amides is 1. The van der Waals surface area contributed by atoms with E-state index >= 15 is 0 Å². The summed E-state index contributed by atoms with van der Waals surface area (Å²) in [6.45, 7) is 6.89. The molecule has 0 saturated heterocycles. The van der Waals surface area contributed by atoms with Gasteiger partial charge in [-0.25, -0.2) is 0 Å². The third-order valence-electron chi connectivity index (χ3n) is 3.77. The summed E-state index contributed by atoms with van der Waals surface area (Å²) >= 11 is 0. The Bertz CT molecular complexity index is 695. The molecule has 2 aromatic rings. The molecule has 24 heavy (non-hydrogen) atoms. The fraction of sp³-hybridized carbons (Fsp3) is 0.350. The molecule has 0 aromatic heterocycles. The van der Waals surface area contributed by atoms with Crippen LogP contribution in [0.3, 0.4) is 0 Å². The van der Waals surface area contributed by atoms with E-state index in [1.165, 1.54) is 0 Å². The van der Waals surface area contributed by atoms with Crippen LogP contribution in [0.25, 0.3) is 0 Å². The highest BCUT2D eigenvalue weighted by molar-refractivity contribution is 6.05. The van der Waals surface area contributed by atoms with E-state index in [9.17, 15) is 4.79 Å². The van der Waals surface area contributed by atoms with E-state index in [2.05, 4.69) is 19.2 Å². The van der Waals surface area contributed by atoms with Crippen molar-refractivity contribution < 1.29 is 14.3 Å². The van der Waals surface area contributed by atoms with E-state index in [0.29, 0.717) is 29.6 Å². The van der Waals surface area contributed by atoms with Crippen molar-refractivity contribution in [3.8, 4) is 11.5 Å². The van der Waals surface area contributed by atoms with Gasteiger partial charge in [-0.05, 0) is 49.1 Å². The molecule has 1 amide bonds. The Morgan fingerprint density at radius 1 is 1.12 bits per heavy atom. The summed E-state index contributed by atoms with van der Waals surface area (Å²) in [5.41, 5.74) is 2.36. The van der Waals surface area contributed by atoms with Gasteiger partial charge in [0.1, 0.15) is 0 Å². The van der Waals surface area contributed by atoms with Crippen LogP contribution in [0.1, 0.15) is 36.2 Å². The quantitative estimate of drug-likeness (QED) is 0.803. The molecule has 4 heteroatoms. The molecule has 1 N–H and O–H groups in total. The van der Waals surface area contributed by atoms with Gasteiger partial charge < -0.3 is 14.8 Å². The van der Waals surface area contributed by atoms with Crippen molar-refractivity contribution in [2.45, 2.75) is 27.2 Å². The normalized spacial score (nSPS) is 10.5. The third kappa shape index (κ3) is 4.75. The molecule has 0 aliphatic rings. The zero-order valence-electron chi connectivity index (χ0n) is 14.8. The number of nitrogens with one attached hydrogen (secondary N) is 1. The van der Waals surface area contributed by atoms with E-state index in [1.54, 1.807) is 25.3 Å². The summed E-state index contributed by atoms with van der Waals surface area (Å²) in [7, 11) is 1.58. The molecule has 0 spiro atoms. The van der Waals surface area contributed by atoms with E-state index in [4.69, 9.17) is 9.47 Å². The van der Waals surface area contributed by atoms with Crippen molar-refractivity contribution in [1.82, 2.24) is 0 Å². The number of hydrogen-bond donors (Lipinski definition) is 1. The first kappa shape index (κ1) is 17.9. The van der Waals surface area contributed by atoms with Crippen LogP contribution in [0, 0.1) is 12.8 Å². The minimum atomic E-state index is -0.170. The van der Waals surface area contributed by atoms with Crippen LogP contribution in [-0.4, -0.2) is 19.6 Å². The van der Waals surface area contributed by atoms with Crippen LogP contribution in [0.5, 0.6) is 11.5 Å². The molecule has 0 unspecified atom stereocenters. The fourth-order valence-corrected chi connectivity index (χ4v) is 2.24. The van der Waals surface area contributed by atoms with Crippen molar-refractivity contribution in [3.63, 3.8) is 0 Å². The van der Waals surface area contributed by atoms with Crippen LogP contribution in [0.2, 0.25) is 0 Å². The average molecular weight is 327 g/mol. The molecule has 0 aliphatic heterocycles. The molecule has 0 fully saturated rings. The molecule has 0 radical (unpaired) electrons. The van der Waals surface area contributed by atoms with E-state index in [0.717, 1.165) is 17.7 Å². The van der Waals surface area contributed by atoms with Gasteiger partial charge in [-0.3, -0.25) is 4.79 Å². The van der Waals surface area contributed by atoms with Crippen molar-refractivity contribution in [2.24, 2.45) is 5.92 Å². The molecule has 4 nitrogen and oxygen atoms in total. The number of rotatable bonds is 7. The number of aryl methyl sites for hydroxylation is 1. The number of methoxy groups -OCH3 is 1. The zero-order valence-corrected chi connectivity index (χ0v) is 14.8. The number of anilines is 1. The predicted molar refractivity (Wildman–Crippen MR) is 97.1 cm³/mol. The van der Waals surface area contributed by atoms with Gasteiger partial charge >= 0.3 is 0 Å². The van der Waals surface area contributed by atoms with Gasteiger partial charge in [0.05, 0.1) is 13.7 Å². The molecule has 0 aliphatic carbocycles. The minimum absolute atomic E-state index is 0.170. The molecule has 128 valence electrons. The standard InChI is InChI=1S/C20H25NO3/c1-14(2)11-12-24-18-10-9-16(13-19(18)23-4)20(22)21-17-8-6-5-7-15(17)3/h5-10,13-14H,11-12H2,1-4H3,(H,21,22). The Balaban J connectivity index is 2.10. The molecular formula is C20H25NO3. The fourth-order valence-electron chi connectivity index (χ4n) is 2.24.